The first-order valence-electron chi connectivity index (χ1n) is 10.9. The topological polar surface area (TPSA) is 99.4 Å². The Hall–Kier alpha value is -4.60. The van der Waals surface area contributed by atoms with Gasteiger partial charge in [0.05, 0.1) is 17.9 Å². The van der Waals surface area contributed by atoms with Crippen LogP contribution in [0, 0.1) is 12.7 Å². The van der Waals surface area contributed by atoms with E-state index in [0.717, 1.165) is 6.07 Å². The average molecular weight is 475 g/mol. The maximum Gasteiger partial charge on any atom is 0.284 e. The number of benzene rings is 2. The first-order chi connectivity index (χ1) is 16.9. The molecule has 10 heteroatoms. The molecule has 2 N–H and O–H groups in total. The molecule has 4 aromatic rings. The average Bonchev–Trinajstić information content (AvgIpc) is 3.09. The van der Waals surface area contributed by atoms with E-state index in [1.807, 2.05) is 6.07 Å². The van der Waals surface area contributed by atoms with E-state index in [2.05, 4.69) is 15.6 Å². The fourth-order valence-corrected chi connectivity index (χ4v) is 3.90. The first-order valence-corrected chi connectivity index (χ1v) is 10.9. The molecular weight excluding hydrogens is 453 g/mol. The van der Waals surface area contributed by atoms with Crippen LogP contribution in [0.5, 0.6) is 17.2 Å². The predicted molar refractivity (Wildman–Crippen MR) is 128 cm³/mol. The number of nitrogens with zero attached hydrogens (tertiary/aromatic N) is 3. The lowest BCUT2D eigenvalue weighted by Gasteiger charge is -2.20. The van der Waals surface area contributed by atoms with Gasteiger partial charge in [-0.05, 0) is 31.2 Å². The molecule has 178 valence electrons. The summed E-state index contributed by atoms with van der Waals surface area (Å²) in [6, 6.07) is 14.6. The molecule has 1 aliphatic heterocycles. The zero-order valence-corrected chi connectivity index (χ0v) is 19.0. The number of anilines is 2. The normalized spacial score (nSPS) is 12.3. The van der Waals surface area contributed by atoms with Gasteiger partial charge in [-0.15, -0.1) is 0 Å². The Morgan fingerprint density at radius 1 is 1.17 bits per heavy atom. The van der Waals surface area contributed by atoms with E-state index in [9.17, 15) is 14.0 Å². The molecule has 1 amide bonds. The highest BCUT2D eigenvalue weighted by Gasteiger charge is 2.23. The van der Waals surface area contributed by atoms with Gasteiger partial charge in [-0.25, -0.2) is 14.1 Å². The van der Waals surface area contributed by atoms with Crippen molar-refractivity contribution in [1.82, 2.24) is 14.3 Å². The van der Waals surface area contributed by atoms with Gasteiger partial charge in [0, 0.05) is 31.1 Å². The Morgan fingerprint density at radius 2 is 1.97 bits per heavy atom. The van der Waals surface area contributed by atoms with Crippen LogP contribution in [0.15, 0.2) is 65.6 Å². The van der Waals surface area contributed by atoms with E-state index in [4.69, 9.17) is 9.47 Å². The van der Waals surface area contributed by atoms with E-state index in [1.165, 1.54) is 23.0 Å². The summed E-state index contributed by atoms with van der Waals surface area (Å²) in [4.78, 5) is 30.2. The van der Waals surface area contributed by atoms with Crippen LogP contribution in [0.1, 0.15) is 16.1 Å². The van der Waals surface area contributed by atoms with E-state index >= 15 is 0 Å². The molecule has 0 atom stereocenters. The lowest BCUT2D eigenvalue weighted by atomic mass is 10.2. The van der Waals surface area contributed by atoms with Crippen LogP contribution in [0.3, 0.4) is 0 Å². The fourth-order valence-electron chi connectivity index (χ4n) is 3.90. The number of hydrogen-bond acceptors (Lipinski definition) is 6. The number of aromatic nitrogens is 3. The quantitative estimate of drug-likeness (QED) is 0.455. The molecule has 3 heterocycles. The van der Waals surface area contributed by atoms with Crippen molar-refractivity contribution >= 4 is 17.4 Å². The van der Waals surface area contributed by atoms with Crippen LogP contribution in [0.25, 0.3) is 5.69 Å². The summed E-state index contributed by atoms with van der Waals surface area (Å²) in [6.07, 6.45) is 1.53. The van der Waals surface area contributed by atoms with Crippen LogP contribution in [-0.4, -0.2) is 33.4 Å². The minimum atomic E-state index is -0.691. The number of hydrogen-bond donors (Lipinski definition) is 2. The second kappa shape index (κ2) is 8.98. The molecule has 0 saturated heterocycles. The zero-order valence-electron chi connectivity index (χ0n) is 19.0. The molecule has 0 aliphatic carbocycles. The van der Waals surface area contributed by atoms with Crippen LogP contribution in [0.4, 0.5) is 15.9 Å². The van der Waals surface area contributed by atoms with Crippen LogP contribution in [0.2, 0.25) is 0 Å². The van der Waals surface area contributed by atoms with Crippen molar-refractivity contribution in [1.29, 1.82) is 0 Å². The third-order valence-electron chi connectivity index (χ3n) is 5.70. The number of ether oxygens (including phenoxy) is 2. The number of nitrogens with one attached hydrogen (secondary N) is 2. The lowest BCUT2D eigenvalue weighted by Crippen LogP contribution is -2.25. The summed E-state index contributed by atoms with van der Waals surface area (Å²) in [7, 11) is 1.70. The van der Waals surface area contributed by atoms with E-state index in [0.29, 0.717) is 41.8 Å². The summed E-state index contributed by atoms with van der Waals surface area (Å²) in [5.74, 6) is -0.119. The molecule has 0 fully saturated rings. The lowest BCUT2D eigenvalue weighted by molar-refractivity contribution is 0.102. The Bertz CT molecular complexity index is 1480. The van der Waals surface area contributed by atoms with Gasteiger partial charge < -0.3 is 20.1 Å². The smallest absolute Gasteiger partial charge is 0.284 e. The van der Waals surface area contributed by atoms with Crippen molar-refractivity contribution in [3.05, 3.63) is 88.2 Å². The molecule has 0 bridgehead atoms. The van der Waals surface area contributed by atoms with Crippen LogP contribution in [-0.2, 0) is 7.05 Å². The number of carbonyl (C=O) groups is 1. The minimum absolute atomic E-state index is 0.0230. The van der Waals surface area contributed by atoms with Crippen molar-refractivity contribution in [2.75, 3.05) is 23.8 Å². The van der Waals surface area contributed by atoms with Gasteiger partial charge in [-0.2, -0.15) is 0 Å². The monoisotopic (exact) mass is 475 g/mol. The number of rotatable bonds is 5. The summed E-state index contributed by atoms with van der Waals surface area (Å²) in [5.41, 5.74) is 0.804. The number of halogens is 1. The molecule has 1 aliphatic rings. The van der Waals surface area contributed by atoms with Gasteiger partial charge in [0.25, 0.3) is 11.5 Å². The molecule has 2 aromatic heterocycles. The number of carbonyl (C=O) groups excluding carboxylic acids is 1. The van der Waals surface area contributed by atoms with Crippen molar-refractivity contribution < 1.29 is 18.7 Å². The van der Waals surface area contributed by atoms with Crippen molar-refractivity contribution in [3.63, 3.8) is 0 Å². The van der Waals surface area contributed by atoms with Crippen molar-refractivity contribution in [2.24, 2.45) is 7.05 Å². The predicted octanol–water partition coefficient (Wildman–Crippen LogP) is 3.87. The molecule has 0 radical (unpaired) electrons. The Labute approximate surface area is 199 Å². The Balaban J connectivity index is 1.38. The van der Waals surface area contributed by atoms with Gasteiger partial charge >= 0.3 is 0 Å². The maximum atomic E-state index is 14.9. The number of fused-ring (bicyclic) bond motifs is 1. The standard InChI is InChI=1S/C25H22FN5O4/c1-15-21(25(33)31(30(15)2)17-6-4-3-5-7-17)24(32)29-16-8-9-19(18(26)14-16)35-20-10-11-27-23-22(20)34-13-12-28-23/h3-11,14H,12-13H2,1-2H3,(H,27,28)(H,29,32). The van der Waals surface area contributed by atoms with Crippen molar-refractivity contribution in [3.8, 4) is 22.9 Å². The number of amides is 1. The van der Waals surface area contributed by atoms with Gasteiger partial charge in [0.15, 0.2) is 23.1 Å². The molecule has 5 rings (SSSR count). The second-order valence-corrected chi connectivity index (χ2v) is 7.90. The Kier molecular flexibility index (Phi) is 5.69. The van der Waals surface area contributed by atoms with Gasteiger partial charge in [-0.3, -0.25) is 14.3 Å². The van der Waals surface area contributed by atoms with E-state index in [-0.39, 0.29) is 17.0 Å². The fraction of sp³-hybridized carbons (Fsp3) is 0.160. The summed E-state index contributed by atoms with van der Waals surface area (Å²) < 4.78 is 29.2. The molecule has 0 spiro atoms. The van der Waals surface area contributed by atoms with E-state index in [1.54, 1.807) is 49.0 Å². The molecule has 0 unspecified atom stereocenters. The van der Waals surface area contributed by atoms with Crippen LogP contribution < -0.4 is 25.7 Å². The summed E-state index contributed by atoms with van der Waals surface area (Å²) in [5, 5.41) is 5.70. The Morgan fingerprint density at radius 3 is 2.74 bits per heavy atom. The SMILES string of the molecule is Cc1c(C(=O)Nc2ccc(Oc3ccnc4c3OCCN4)c(F)c2)c(=O)n(-c2ccccc2)n1C. The highest BCUT2D eigenvalue weighted by molar-refractivity contribution is 6.05. The molecule has 35 heavy (non-hydrogen) atoms. The molecule has 0 saturated carbocycles. The van der Waals surface area contributed by atoms with Crippen LogP contribution >= 0.6 is 0 Å². The summed E-state index contributed by atoms with van der Waals surface area (Å²) in [6.45, 7) is 2.73. The van der Waals surface area contributed by atoms with E-state index < -0.39 is 17.3 Å². The van der Waals surface area contributed by atoms with Gasteiger partial charge in [-0.1, -0.05) is 18.2 Å². The molecule has 2 aromatic carbocycles. The number of pyridine rings is 1. The van der Waals surface area contributed by atoms with Gasteiger partial charge in [0.2, 0.25) is 5.75 Å². The molecule has 9 nitrogen and oxygen atoms in total. The van der Waals surface area contributed by atoms with Crippen molar-refractivity contribution in [2.45, 2.75) is 6.92 Å². The third-order valence-corrected chi connectivity index (χ3v) is 5.70. The summed E-state index contributed by atoms with van der Waals surface area (Å²) >= 11 is 0. The first kappa shape index (κ1) is 22.2. The maximum absolute atomic E-state index is 14.9. The number of para-hydroxylation sites is 1. The van der Waals surface area contributed by atoms with Gasteiger partial charge in [0.1, 0.15) is 12.2 Å². The minimum Gasteiger partial charge on any atom is -0.485 e. The zero-order chi connectivity index (χ0) is 24.5. The highest BCUT2D eigenvalue weighted by Crippen LogP contribution is 2.38. The second-order valence-electron chi connectivity index (χ2n) is 7.90. The molecular formula is C25H22FN5O4. The highest BCUT2D eigenvalue weighted by atomic mass is 19.1. The largest absolute Gasteiger partial charge is 0.485 e. The third kappa shape index (κ3) is 4.10.